The fourth-order valence-corrected chi connectivity index (χ4v) is 3.98. The third-order valence-corrected chi connectivity index (χ3v) is 5.73. The van der Waals surface area contributed by atoms with Crippen molar-refractivity contribution >= 4 is 10.0 Å². The first kappa shape index (κ1) is 17.1. The molecule has 2 fully saturated rings. The van der Waals surface area contributed by atoms with Gasteiger partial charge >= 0.3 is 0 Å². The second-order valence-corrected chi connectivity index (χ2v) is 8.13. The van der Waals surface area contributed by atoms with Gasteiger partial charge in [-0.3, -0.25) is 0 Å². The molecule has 0 saturated carbocycles. The highest BCUT2D eigenvalue weighted by molar-refractivity contribution is 7.88. The maximum atomic E-state index is 11.5. The van der Waals surface area contributed by atoms with Gasteiger partial charge in [0.05, 0.1) is 12.9 Å². The lowest BCUT2D eigenvalue weighted by Gasteiger charge is -2.39. The third kappa shape index (κ3) is 5.17. The first-order valence-electron chi connectivity index (χ1n) is 7.99. The Kier molecular flexibility index (Phi) is 6.43. The maximum Gasteiger partial charge on any atom is 0.211 e. The molecule has 0 bridgehead atoms. The van der Waals surface area contributed by atoms with Crippen LogP contribution in [0.4, 0.5) is 0 Å². The molecule has 1 N–H and O–H groups in total. The largest absolute Gasteiger partial charge is 0.381 e. The van der Waals surface area contributed by atoms with Crippen molar-refractivity contribution in [2.24, 2.45) is 5.92 Å². The number of nitrogens with zero attached hydrogens (tertiary/aromatic N) is 2. The number of hydrogen-bond donors (Lipinski definition) is 1. The molecule has 0 amide bonds. The molecule has 0 aliphatic carbocycles. The van der Waals surface area contributed by atoms with Crippen molar-refractivity contribution in [3.05, 3.63) is 0 Å². The van der Waals surface area contributed by atoms with Gasteiger partial charge in [0, 0.05) is 51.3 Å². The molecule has 6 nitrogen and oxygen atoms in total. The highest BCUT2D eigenvalue weighted by Gasteiger charge is 2.29. The molecule has 0 spiro atoms. The molecule has 0 aromatic heterocycles. The molecule has 0 aromatic rings. The minimum atomic E-state index is -3.04. The van der Waals surface area contributed by atoms with E-state index in [4.69, 9.17) is 4.74 Å². The van der Waals surface area contributed by atoms with Crippen LogP contribution in [0.1, 0.15) is 19.8 Å². The average molecular weight is 319 g/mol. The molecule has 2 aliphatic rings. The van der Waals surface area contributed by atoms with Crippen LogP contribution in [0.25, 0.3) is 0 Å². The molecule has 21 heavy (non-hydrogen) atoms. The minimum absolute atomic E-state index is 0.509. The minimum Gasteiger partial charge on any atom is -0.381 e. The fourth-order valence-electron chi connectivity index (χ4n) is 3.15. The van der Waals surface area contributed by atoms with Crippen molar-refractivity contribution in [2.75, 3.05) is 58.7 Å². The molecule has 2 aliphatic heterocycles. The summed E-state index contributed by atoms with van der Waals surface area (Å²) in [6, 6.07) is 0.534. The monoisotopic (exact) mass is 319 g/mol. The van der Waals surface area contributed by atoms with Gasteiger partial charge in [0.25, 0.3) is 0 Å². The number of ether oxygens (including phenoxy) is 1. The predicted molar refractivity (Wildman–Crippen MR) is 83.9 cm³/mol. The quantitative estimate of drug-likeness (QED) is 0.745. The molecule has 2 atom stereocenters. The summed E-state index contributed by atoms with van der Waals surface area (Å²) in [4.78, 5) is 2.38. The molecule has 0 radical (unpaired) electrons. The predicted octanol–water partition coefficient (Wildman–Crippen LogP) is -0.0317. The van der Waals surface area contributed by atoms with Crippen LogP contribution in [-0.4, -0.2) is 82.4 Å². The van der Waals surface area contributed by atoms with Crippen LogP contribution in [0.2, 0.25) is 0 Å². The van der Waals surface area contributed by atoms with E-state index in [2.05, 4.69) is 17.1 Å². The Hall–Kier alpha value is -0.210. The number of hydrogen-bond acceptors (Lipinski definition) is 5. The lowest BCUT2D eigenvalue weighted by Crippen LogP contribution is -2.53. The van der Waals surface area contributed by atoms with Crippen molar-refractivity contribution in [1.29, 1.82) is 0 Å². The smallest absolute Gasteiger partial charge is 0.211 e. The standard InChI is InChI=1S/C14H29N3O3S/c1-3-5-15-14-4-10-20-12-13(14)11-16-6-8-17(9-7-16)21(2,18)19/h13-15H,3-12H2,1-2H3. The van der Waals surface area contributed by atoms with Crippen LogP contribution >= 0.6 is 0 Å². The number of rotatable bonds is 6. The molecule has 0 aromatic carbocycles. The van der Waals surface area contributed by atoms with E-state index < -0.39 is 10.0 Å². The summed E-state index contributed by atoms with van der Waals surface area (Å²) < 4.78 is 30.3. The van der Waals surface area contributed by atoms with E-state index in [-0.39, 0.29) is 0 Å². The van der Waals surface area contributed by atoms with Crippen molar-refractivity contribution in [3.8, 4) is 0 Å². The third-order valence-electron chi connectivity index (χ3n) is 4.42. The molecule has 124 valence electrons. The van der Waals surface area contributed by atoms with Gasteiger partial charge < -0.3 is 15.0 Å². The van der Waals surface area contributed by atoms with E-state index in [1.54, 1.807) is 4.31 Å². The van der Waals surface area contributed by atoms with Gasteiger partial charge in [-0.05, 0) is 19.4 Å². The zero-order valence-corrected chi connectivity index (χ0v) is 14.1. The van der Waals surface area contributed by atoms with E-state index in [1.807, 2.05) is 0 Å². The second kappa shape index (κ2) is 7.87. The topological polar surface area (TPSA) is 61.9 Å². The summed E-state index contributed by atoms with van der Waals surface area (Å²) in [6.45, 7) is 8.77. The zero-order chi connectivity index (χ0) is 15.3. The van der Waals surface area contributed by atoms with Gasteiger partial charge in [-0.15, -0.1) is 0 Å². The van der Waals surface area contributed by atoms with Crippen molar-refractivity contribution < 1.29 is 13.2 Å². The summed E-state index contributed by atoms with van der Waals surface area (Å²) in [5.74, 6) is 0.509. The lowest BCUT2D eigenvalue weighted by molar-refractivity contribution is 0.0125. The first-order chi connectivity index (χ1) is 10.0. The van der Waals surface area contributed by atoms with Gasteiger partial charge in [-0.2, -0.15) is 4.31 Å². The second-order valence-electron chi connectivity index (χ2n) is 6.15. The van der Waals surface area contributed by atoms with Crippen LogP contribution in [0.15, 0.2) is 0 Å². The molecule has 2 rings (SSSR count). The number of sulfonamides is 1. The summed E-state index contributed by atoms with van der Waals surface area (Å²) in [5.41, 5.74) is 0. The van der Waals surface area contributed by atoms with Gasteiger partial charge in [-0.25, -0.2) is 8.42 Å². The SMILES string of the molecule is CCCNC1CCOCC1CN1CCN(S(C)(=O)=O)CC1. The highest BCUT2D eigenvalue weighted by atomic mass is 32.2. The Balaban J connectivity index is 1.81. The Bertz CT molecular complexity index is 408. The van der Waals surface area contributed by atoms with Crippen LogP contribution in [0.3, 0.4) is 0 Å². The van der Waals surface area contributed by atoms with Crippen LogP contribution in [0, 0.1) is 5.92 Å². The molecule has 7 heteroatoms. The summed E-state index contributed by atoms with van der Waals surface area (Å²) >= 11 is 0. The lowest BCUT2D eigenvalue weighted by atomic mass is 9.94. The number of piperazine rings is 1. The summed E-state index contributed by atoms with van der Waals surface area (Å²) in [6.07, 6.45) is 3.52. The summed E-state index contributed by atoms with van der Waals surface area (Å²) in [5, 5.41) is 3.63. The Morgan fingerprint density at radius 3 is 2.57 bits per heavy atom. The Labute approximate surface area is 128 Å². The number of nitrogens with one attached hydrogen (secondary N) is 1. The van der Waals surface area contributed by atoms with E-state index in [0.717, 1.165) is 52.2 Å². The van der Waals surface area contributed by atoms with Crippen molar-refractivity contribution in [2.45, 2.75) is 25.8 Å². The van der Waals surface area contributed by atoms with Crippen molar-refractivity contribution in [1.82, 2.24) is 14.5 Å². The summed E-state index contributed by atoms with van der Waals surface area (Å²) in [7, 11) is -3.04. The molecule has 2 unspecified atom stereocenters. The van der Waals surface area contributed by atoms with Crippen LogP contribution in [0.5, 0.6) is 0 Å². The van der Waals surface area contributed by atoms with E-state index in [0.29, 0.717) is 25.0 Å². The average Bonchev–Trinajstić information content (AvgIpc) is 2.46. The van der Waals surface area contributed by atoms with Gasteiger partial charge in [0.1, 0.15) is 0 Å². The Morgan fingerprint density at radius 1 is 1.24 bits per heavy atom. The van der Waals surface area contributed by atoms with E-state index in [9.17, 15) is 8.42 Å². The van der Waals surface area contributed by atoms with Crippen molar-refractivity contribution in [3.63, 3.8) is 0 Å². The van der Waals surface area contributed by atoms with Crippen LogP contribution in [-0.2, 0) is 14.8 Å². The Morgan fingerprint density at radius 2 is 1.95 bits per heavy atom. The molecule has 2 saturated heterocycles. The zero-order valence-electron chi connectivity index (χ0n) is 13.3. The maximum absolute atomic E-state index is 11.5. The highest BCUT2D eigenvalue weighted by Crippen LogP contribution is 2.18. The van der Waals surface area contributed by atoms with Gasteiger partial charge in [0.2, 0.25) is 10.0 Å². The van der Waals surface area contributed by atoms with E-state index in [1.165, 1.54) is 6.26 Å². The molecular weight excluding hydrogens is 290 g/mol. The van der Waals surface area contributed by atoms with Gasteiger partial charge in [0.15, 0.2) is 0 Å². The van der Waals surface area contributed by atoms with Gasteiger partial charge in [-0.1, -0.05) is 6.92 Å². The first-order valence-corrected chi connectivity index (χ1v) is 9.84. The molecular formula is C14H29N3O3S. The fraction of sp³-hybridized carbons (Fsp3) is 1.00. The van der Waals surface area contributed by atoms with Crippen LogP contribution < -0.4 is 5.32 Å². The normalized spacial score (nSPS) is 29.6. The molecule has 2 heterocycles. The van der Waals surface area contributed by atoms with E-state index >= 15 is 0 Å².